The SMILES string of the molecule is [B][B]C(CB([B])[B])C([B])C(C)(C)C. The van der Waals surface area contributed by atoms with Gasteiger partial charge >= 0.3 is 0 Å². The van der Waals surface area contributed by atoms with Crippen LogP contribution >= 0.6 is 0 Å². The molecule has 0 saturated heterocycles. The van der Waals surface area contributed by atoms with E-state index in [1.54, 1.807) is 7.17 Å². The molecule has 0 bridgehead atoms. The lowest BCUT2D eigenvalue weighted by Gasteiger charge is -2.36. The van der Waals surface area contributed by atoms with Crippen LogP contribution in [0.25, 0.3) is 0 Å². The molecule has 0 spiro atoms. The van der Waals surface area contributed by atoms with E-state index in [1.807, 2.05) is 0 Å². The van der Waals surface area contributed by atoms with Gasteiger partial charge in [-0.05, 0) is 5.41 Å². The highest BCUT2D eigenvalue weighted by molar-refractivity contribution is 7.29. The van der Waals surface area contributed by atoms with E-state index < -0.39 is 0 Å². The standard InChI is InChI=1S/C7H13B6/c1-7(2,3)6(8)5(12-9)4-13(10)11/h5-6H,4H2,1-3H3. The van der Waals surface area contributed by atoms with Crippen LogP contribution in [0.4, 0.5) is 0 Å². The third-order valence-electron chi connectivity index (χ3n) is 2.25. The van der Waals surface area contributed by atoms with Crippen LogP contribution in [0.1, 0.15) is 20.8 Å². The Bertz CT molecular complexity index is 140. The Balaban J connectivity index is 4.23. The van der Waals surface area contributed by atoms with Crippen molar-refractivity contribution >= 4 is 44.7 Å². The molecule has 6 heteroatoms. The molecule has 59 valence electrons. The first-order chi connectivity index (χ1) is 5.79. The molecular weight excluding hydrogens is 149 g/mol. The molecule has 2 atom stereocenters. The van der Waals surface area contributed by atoms with Crippen molar-refractivity contribution in [2.45, 2.75) is 38.7 Å². The molecule has 9 radical (unpaired) electrons. The summed E-state index contributed by atoms with van der Waals surface area (Å²) in [6, 6.07) is 0. The maximum absolute atomic E-state index is 6.03. The van der Waals surface area contributed by atoms with Gasteiger partial charge in [-0.3, -0.25) is 0 Å². The van der Waals surface area contributed by atoms with Gasteiger partial charge in [0.15, 0.2) is 0 Å². The first kappa shape index (κ1) is 13.4. The van der Waals surface area contributed by atoms with Crippen molar-refractivity contribution in [1.29, 1.82) is 0 Å². The van der Waals surface area contributed by atoms with Crippen LogP contribution in [0.15, 0.2) is 0 Å². The summed E-state index contributed by atoms with van der Waals surface area (Å²) in [6.07, 6.45) is 0.634. The third kappa shape index (κ3) is 4.98. The van der Waals surface area contributed by atoms with Gasteiger partial charge in [-0.1, -0.05) is 38.7 Å². The highest BCUT2D eigenvalue weighted by Crippen LogP contribution is 2.39. The molecule has 0 amide bonds. The van der Waals surface area contributed by atoms with Crippen LogP contribution in [0.5, 0.6) is 0 Å². The van der Waals surface area contributed by atoms with E-state index in [0.717, 1.165) is 0 Å². The van der Waals surface area contributed by atoms with Gasteiger partial charge in [-0.2, -0.15) is 0 Å². The molecule has 0 fully saturated rings. The Morgan fingerprint density at radius 2 is 1.77 bits per heavy atom. The minimum Gasteiger partial charge on any atom is -0.0955 e. The average Bonchev–Trinajstić information content (AvgIpc) is 1.96. The summed E-state index contributed by atoms with van der Waals surface area (Å²) in [7, 11) is 24.1. The average molecular weight is 162 g/mol. The fourth-order valence-corrected chi connectivity index (χ4v) is 1.30. The summed E-state index contributed by atoms with van der Waals surface area (Å²) in [4.78, 5) is 0. The van der Waals surface area contributed by atoms with Crippen molar-refractivity contribution in [3.63, 3.8) is 0 Å². The summed E-state index contributed by atoms with van der Waals surface area (Å²) in [5, 5.41) is 0. The monoisotopic (exact) mass is 163 g/mol. The molecule has 0 aliphatic heterocycles. The van der Waals surface area contributed by atoms with Gasteiger partial charge in [-0.15, -0.1) is 0 Å². The predicted octanol–water partition coefficient (Wildman–Crippen LogP) is 0.391. The van der Waals surface area contributed by atoms with Crippen LogP contribution in [0.3, 0.4) is 0 Å². The fraction of sp³-hybridized carbons (Fsp3) is 1.00. The molecule has 13 heavy (non-hydrogen) atoms. The number of hydrogen-bond donors (Lipinski definition) is 0. The van der Waals surface area contributed by atoms with Gasteiger partial charge in [0.25, 0.3) is 0 Å². The van der Waals surface area contributed by atoms with E-state index in [-0.39, 0.29) is 23.5 Å². The fourth-order valence-electron chi connectivity index (χ4n) is 1.30. The number of rotatable bonds is 4. The molecule has 0 aliphatic rings. The quantitative estimate of drug-likeness (QED) is 0.524. The summed E-state index contributed by atoms with van der Waals surface area (Å²) < 4.78 is 0. The van der Waals surface area contributed by atoms with E-state index in [9.17, 15) is 0 Å². The lowest BCUT2D eigenvalue weighted by atomic mass is 9.14. The van der Waals surface area contributed by atoms with Crippen molar-refractivity contribution in [2.75, 3.05) is 0 Å². The predicted molar refractivity (Wildman–Crippen MR) is 66.3 cm³/mol. The summed E-state index contributed by atoms with van der Waals surface area (Å²) in [5.41, 5.74) is 0.0232. The van der Waals surface area contributed by atoms with Gasteiger partial charge in [0.1, 0.15) is 0 Å². The second-order valence-corrected chi connectivity index (χ2v) is 4.65. The van der Waals surface area contributed by atoms with E-state index in [0.29, 0.717) is 6.32 Å². The normalized spacial score (nSPS) is 16.2. The van der Waals surface area contributed by atoms with E-state index in [4.69, 9.17) is 31.1 Å². The molecular formula is C7H13B6. The highest BCUT2D eigenvalue weighted by Gasteiger charge is 2.26. The Morgan fingerprint density at radius 3 is 2.00 bits per heavy atom. The molecule has 0 aromatic carbocycles. The van der Waals surface area contributed by atoms with Crippen LogP contribution in [-0.4, -0.2) is 44.7 Å². The zero-order valence-electron chi connectivity index (χ0n) is 8.83. The largest absolute Gasteiger partial charge is 0.0955 e. The van der Waals surface area contributed by atoms with Crippen LogP contribution in [-0.2, 0) is 0 Å². The maximum Gasteiger partial charge on any atom is 0.0699 e. The topological polar surface area (TPSA) is 0 Å². The van der Waals surface area contributed by atoms with Crippen molar-refractivity contribution < 1.29 is 0 Å². The lowest BCUT2D eigenvalue weighted by molar-refractivity contribution is 0.374. The molecule has 0 N–H and O–H groups in total. The first-order valence-electron chi connectivity index (χ1n) is 4.61. The molecule has 0 heterocycles. The van der Waals surface area contributed by atoms with Crippen LogP contribution < -0.4 is 0 Å². The first-order valence-corrected chi connectivity index (χ1v) is 4.61. The Morgan fingerprint density at radius 1 is 1.31 bits per heavy atom. The van der Waals surface area contributed by atoms with Crippen molar-refractivity contribution in [2.24, 2.45) is 5.41 Å². The molecule has 0 saturated carbocycles. The van der Waals surface area contributed by atoms with Crippen molar-refractivity contribution in [3.05, 3.63) is 0 Å². The second-order valence-electron chi connectivity index (χ2n) is 4.65. The van der Waals surface area contributed by atoms with E-state index >= 15 is 0 Å². The van der Waals surface area contributed by atoms with Crippen LogP contribution in [0, 0.1) is 5.41 Å². The number of hydrogen-bond acceptors (Lipinski definition) is 0. The van der Waals surface area contributed by atoms with Crippen LogP contribution in [0.2, 0.25) is 18.0 Å². The van der Waals surface area contributed by atoms with E-state index in [1.165, 1.54) is 0 Å². The van der Waals surface area contributed by atoms with Crippen molar-refractivity contribution in [3.8, 4) is 0 Å². The summed E-state index contributed by atoms with van der Waals surface area (Å²) in [6.45, 7) is 5.89. The Kier molecular flexibility index (Phi) is 5.47. The van der Waals surface area contributed by atoms with Gasteiger partial charge < -0.3 is 0 Å². The van der Waals surface area contributed by atoms with Gasteiger partial charge in [0, 0.05) is 29.7 Å². The molecule has 0 nitrogen and oxygen atoms in total. The molecule has 0 aromatic rings. The summed E-state index contributed by atoms with van der Waals surface area (Å²) >= 11 is 0. The minimum absolute atomic E-state index is 0.00731. The third-order valence-corrected chi connectivity index (χ3v) is 2.25. The van der Waals surface area contributed by atoms with Crippen molar-refractivity contribution in [1.82, 2.24) is 0 Å². The Labute approximate surface area is 89.3 Å². The second kappa shape index (κ2) is 5.31. The molecule has 0 rings (SSSR count). The zero-order chi connectivity index (χ0) is 10.6. The van der Waals surface area contributed by atoms with Gasteiger partial charge in [-0.25, -0.2) is 0 Å². The smallest absolute Gasteiger partial charge is 0.0699 e. The Hall–Kier alpha value is 0.390. The van der Waals surface area contributed by atoms with Gasteiger partial charge in [0.05, 0.1) is 15.0 Å². The van der Waals surface area contributed by atoms with E-state index in [2.05, 4.69) is 20.8 Å². The van der Waals surface area contributed by atoms with Gasteiger partial charge in [0.2, 0.25) is 0 Å². The zero-order valence-corrected chi connectivity index (χ0v) is 8.83. The lowest BCUT2D eigenvalue weighted by Crippen LogP contribution is -2.28. The molecule has 0 aliphatic carbocycles. The summed E-state index contributed by atoms with van der Waals surface area (Å²) in [5.74, 6) is 0.0760. The molecule has 2 unspecified atom stereocenters. The minimum atomic E-state index is -0.349. The highest BCUT2D eigenvalue weighted by atomic mass is 14.2. The maximum atomic E-state index is 6.03. The molecule has 0 aromatic heterocycles.